The number of ether oxygens (including phenoxy) is 3. The standard InChI is InChI=1S/C24H36ClN3O4/c1-6-8-19(28(4)23(9-7-2)32-17(3)25)15-26-21-11-10-18(24(29)30-5)14-22(21)27-16-20-12-13-31-20/h7,9-11,14,17,19-20,26-27H,2,6,8,12-13,15-16H2,1,3-5H3/b23-9+/t17?,19?,20-/m0/s1. The lowest BCUT2D eigenvalue weighted by Crippen LogP contribution is -2.38. The van der Waals surface area contributed by atoms with E-state index in [1.165, 1.54) is 7.11 Å². The van der Waals surface area contributed by atoms with Gasteiger partial charge in [-0.3, -0.25) is 0 Å². The Balaban J connectivity index is 2.16. The summed E-state index contributed by atoms with van der Waals surface area (Å²) in [5, 5.41) is 6.95. The summed E-state index contributed by atoms with van der Waals surface area (Å²) in [6, 6.07) is 5.63. The first-order chi connectivity index (χ1) is 15.4. The molecule has 0 aliphatic carbocycles. The molecule has 1 aromatic rings. The number of allylic oxidation sites excluding steroid dienone is 2. The van der Waals surface area contributed by atoms with Crippen LogP contribution in [0.4, 0.5) is 11.4 Å². The van der Waals surface area contributed by atoms with Gasteiger partial charge in [-0.25, -0.2) is 4.79 Å². The Hall–Kier alpha value is -2.38. The van der Waals surface area contributed by atoms with Crippen molar-refractivity contribution in [1.82, 2.24) is 4.90 Å². The zero-order valence-corrected chi connectivity index (χ0v) is 20.3. The molecule has 7 nitrogen and oxygen atoms in total. The van der Waals surface area contributed by atoms with Crippen molar-refractivity contribution >= 4 is 28.9 Å². The molecule has 0 amide bonds. The Labute approximate surface area is 196 Å². The minimum atomic E-state index is -0.450. The van der Waals surface area contributed by atoms with Crippen LogP contribution in [0.2, 0.25) is 0 Å². The topological polar surface area (TPSA) is 72.1 Å². The molecule has 1 fully saturated rings. The number of hydrogen-bond acceptors (Lipinski definition) is 7. The van der Waals surface area contributed by atoms with E-state index in [-0.39, 0.29) is 18.1 Å². The van der Waals surface area contributed by atoms with E-state index in [9.17, 15) is 4.79 Å². The lowest BCUT2D eigenvalue weighted by Gasteiger charge is -2.33. The second-order valence-corrected chi connectivity index (χ2v) is 8.36. The van der Waals surface area contributed by atoms with Crippen LogP contribution in [0.1, 0.15) is 43.5 Å². The fourth-order valence-electron chi connectivity index (χ4n) is 3.44. The number of nitrogens with one attached hydrogen (secondary N) is 2. The predicted molar refractivity (Wildman–Crippen MR) is 130 cm³/mol. The number of carbonyl (C=O) groups excluding carboxylic acids is 1. The molecule has 1 heterocycles. The lowest BCUT2D eigenvalue weighted by atomic mass is 10.1. The molecule has 0 aromatic heterocycles. The number of benzene rings is 1. The Kier molecular flexibility index (Phi) is 10.7. The molecule has 0 bridgehead atoms. The number of esters is 1. The summed E-state index contributed by atoms with van der Waals surface area (Å²) in [5.41, 5.74) is 1.80. The van der Waals surface area contributed by atoms with Crippen molar-refractivity contribution in [3.8, 4) is 0 Å². The van der Waals surface area contributed by atoms with Crippen molar-refractivity contribution in [2.24, 2.45) is 0 Å². The molecular weight excluding hydrogens is 430 g/mol. The maximum atomic E-state index is 12.0. The monoisotopic (exact) mass is 465 g/mol. The minimum Gasteiger partial charge on any atom is -0.465 e. The zero-order chi connectivity index (χ0) is 23.5. The van der Waals surface area contributed by atoms with Crippen LogP contribution < -0.4 is 10.6 Å². The molecule has 1 aliphatic rings. The molecule has 2 unspecified atom stereocenters. The smallest absolute Gasteiger partial charge is 0.337 e. The first kappa shape index (κ1) is 25.9. The summed E-state index contributed by atoms with van der Waals surface area (Å²) in [5.74, 6) is 0.305. The summed E-state index contributed by atoms with van der Waals surface area (Å²) < 4.78 is 16.2. The largest absolute Gasteiger partial charge is 0.465 e. The average molecular weight is 466 g/mol. The van der Waals surface area contributed by atoms with Crippen LogP contribution in [0.25, 0.3) is 0 Å². The molecule has 3 atom stereocenters. The lowest BCUT2D eigenvalue weighted by molar-refractivity contribution is -0.0410. The molecule has 0 saturated carbocycles. The normalized spacial score (nSPS) is 17.5. The van der Waals surface area contributed by atoms with Gasteiger partial charge in [0.05, 0.1) is 30.2 Å². The van der Waals surface area contributed by atoms with Crippen LogP contribution in [0.3, 0.4) is 0 Å². The van der Waals surface area contributed by atoms with Crippen LogP contribution in [0.15, 0.2) is 42.8 Å². The van der Waals surface area contributed by atoms with Gasteiger partial charge < -0.3 is 29.7 Å². The van der Waals surface area contributed by atoms with Gasteiger partial charge in [0.2, 0.25) is 0 Å². The number of anilines is 2. The molecule has 32 heavy (non-hydrogen) atoms. The Bertz CT molecular complexity index is 781. The van der Waals surface area contributed by atoms with E-state index >= 15 is 0 Å². The van der Waals surface area contributed by atoms with Crippen LogP contribution in [0, 0.1) is 0 Å². The average Bonchev–Trinajstić information content (AvgIpc) is 2.74. The molecule has 1 aromatic carbocycles. The number of carbonyl (C=O) groups is 1. The van der Waals surface area contributed by atoms with Crippen LogP contribution >= 0.6 is 11.6 Å². The third kappa shape index (κ3) is 7.64. The van der Waals surface area contributed by atoms with Gasteiger partial charge in [0.1, 0.15) is 0 Å². The number of likely N-dealkylation sites (N-methyl/N-ethyl adjacent to an activating group) is 1. The van der Waals surface area contributed by atoms with E-state index in [1.54, 1.807) is 19.1 Å². The van der Waals surface area contributed by atoms with Crippen LogP contribution in [-0.2, 0) is 14.2 Å². The first-order valence-electron chi connectivity index (χ1n) is 11.1. The highest BCUT2D eigenvalue weighted by Gasteiger charge is 2.21. The highest BCUT2D eigenvalue weighted by atomic mass is 35.5. The van der Waals surface area contributed by atoms with E-state index in [4.69, 9.17) is 25.8 Å². The molecular formula is C24H36ClN3O4. The molecule has 0 radical (unpaired) electrons. The van der Waals surface area contributed by atoms with Gasteiger partial charge >= 0.3 is 5.97 Å². The quantitative estimate of drug-likeness (QED) is 0.177. The Morgan fingerprint density at radius 2 is 2.16 bits per heavy atom. The van der Waals surface area contributed by atoms with Gasteiger partial charge in [-0.15, -0.1) is 0 Å². The third-order valence-electron chi connectivity index (χ3n) is 5.34. The molecule has 2 rings (SSSR count). The first-order valence-corrected chi connectivity index (χ1v) is 11.5. The van der Waals surface area contributed by atoms with E-state index < -0.39 is 5.56 Å². The molecule has 0 spiro atoms. The Morgan fingerprint density at radius 3 is 2.72 bits per heavy atom. The van der Waals surface area contributed by atoms with E-state index in [0.29, 0.717) is 24.5 Å². The number of hydrogen-bond donors (Lipinski definition) is 2. The molecule has 178 valence electrons. The number of methoxy groups -OCH3 is 1. The van der Waals surface area contributed by atoms with Gasteiger partial charge in [-0.2, -0.15) is 0 Å². The van der Waals surface area contributed by atoms with Crippen molar-refractivity contribution in [1.29, 1.82) is 0 Å². The molecule has 1 saturated heterocycles. The summed E-state index contributed by atoms with van der Waals surface area (Å²) in [6.07, 6.45) is 6.71. The molecule has 1 aliphatic heterocycles. The van der Waals surface area contributed by atoms with Crippen molar-refractivity contribution < 1.29 is 19.0 Å². The summed E-state index contributed by atoms with van der Waals surface area (Å²) in [6.45, 7) is 9.87. The maximum Gasteiger partial charge on any atom is 0.337 e. The zero-order valence-electron chi connectivity index (χ0n) is 19.5. The highest BCUT2D eigenvalue weighted by molar-refractivity contribution is 6.19. The molecule has 2 N–H and O–H groups in total. The summed E-state index contributed by atoms with van der Waals surface area (Å²) >= 11 is 6.06. The summed E-state index contributed by atoms with van der Waals surface area (Å²) in [4.78, 5) is 14.1. The van der Waals surface area contributed by atoms with Gasteiger partial charge in [-0.1, -0.05) is 37.6 Å². The number of rotatable bonds is 14. The number of nitrogens with zero attached hydrogens (tertiary/aromatic N) is 1. The summed E-state index contributed by atoms with van der Waals surface area (Å²) in [7, 11) is 3.37. The van der Waals surface area contributed by atoms with Crippen molar-refractivity contribution in [2.75, 3.05) is 44.5 Å². The van der Waals surface area contributed by atoms with Crippen molar-refractivity contribution in [3.05, 3.63) is 48.4 Å². The maximum absolute atomic E-state index is 12.0. The second kappa shape index (κ2) is 13.2. The molecule has 8 heteroatoms. The fraction of sp³-hybridized carbons (Fsp3) is 0.542. The predicted octanol–water partition coefficient (Wildman–Crippen LogP) is 4.82. The fourth-order valence-corrected chi connectivity index (χ4v) is 3.53. The van der Waals surface area contributed by atoms with Crippen molar-refractivity contribution in [2.45, 2.75) is 50.8 Å². The highest BCUT2D eigenvalue weighted by Crippen LogP contribution is 2.26. The van der Waals surface area contributed by atoms with Gasteiger partial charge in [0, 0.05) is 32.8 Å². The Morgan fingerprint density at radius 1 is 1.41 bits per heavy atom. The van der Waals surface area contributed by atoms with Gasteiger partial charge in [-0.05, 0) is 44.0 Å². The van der Waals surface area contributed by atoms with Gasteiger partial charge in [0.25, 0.3) is 0 Å². The van der Waals surface area contributed by atoms with Gasteiger partial charge in [0.15, 0.2) is 11.4 Å². The SMILES string of the molecule is C=C/C=C(/OC(C)Cl)N(C)C(CCC)CNc1ccc(C(=O)OC)cc1NC[C@@H]1CCO1. The minimum absolute atomic E-state index is 0.157. The third-order valence-corrected chi connectivity index (χ3v) is 5.43. The van der Waals surface area contributed by atoms with Crippen molar-refractivity contribution in [3.63, 3.8) is 0 Å². The number of halogens is 1. The second-order valence-electron chi connectivity index (χ2n) is 7.75. The van der Waals surface area contributed by atoms with Crippen LogP contribution in [0.5, 0.6) is 0 Å². The number of alkyl halides is 1. The van der Waals surface area contributed by atoms with E-state index in [2.05, 4.69) is 29.0 Å². The van der Waals surface area contributed by atoms with E-state index in [1.807, 2.05) is 25.3 Å². The van der Waals surface area contributed by atoms with E-state index in [0.717, 1.165) is 37.2 Å². The van der Waals surface area contributed by atoms with Crippen LogP contribution in [-0.4, -0.2) is 62.4 Å².